The Balaban J connectivity index is 1.10. The normalized spacial score (nSPS) is 12.1. The van der Waals surface area contributed by atoms with Gasteiger partial charge in [0.15, 0.2) is 8.07 Å². The fraction of sp³-hybridized carbons (Fsp3) is 0. The molecule has 0 spiro atoms. The highest BCUT2D eigenvalue weighted by Crippen LogP contribution is 2.46. The standard InChI is InChI=1S/C56H37NSi/c1-5-18-45(19-6-1)57(52-37-40-17-13-15-38-27-28-39-16-14-26-51(52)56(39)53(38)40)46-33-41-29-31-43-35-50(36-44-32-30-42(34-46)54(41)55(43)44)58(47-20-7-2-8-21-47,48-22-9-3-10-23-48)49-24-11-4-12-25-49/h1-37H. The van der Waals surface area contributed by atoms with Crippen LogP contribution in [-0.4, -0.2) is 8.07 Å². The van der Waals surface area contributed by atoms with Crippen molar-refractivity contribution in [2.24, 2.45) is 0 Å². The summed E-state index contributed by atoms with van der Waals surface area (Å²) in [5.41, 5.74) is 3.47. The van der Waals surface area contributed by atoms with Crippen LogP contribution in [0, 0.1) is 0 Å². The lowest BCUT2D eigenvalue weighted by molar-refractivity contribution is 1.31. The molecule has 0 aliphatic carbocycles. The number of hydrogen-bond acceptors (Lipinski definition) is 1. The van der Waals surface area contributed by atoms with Gasteiger partial charge in [0.25, 0.3) is 0 Å². The first kappa shape index (κ1) is 32.9. The van der Waals surface area contributed by atoms with Crippen molar-refractivity contribution in [2.75, 3.05) is 4.90 Å². The molecule has 0 saturated carbocycles. The van der Waals surface area contributed by atoms with E-state index in [0.717, 1.165) is 11.4 Å². The lowest BCUT2D eigenvalue weighted by Crippen LogP contribution is -2.74. The molecular formula is C56H37NSi. The Hall–Kier alpha value is -7.26. The van der Waals surface area contributed by atoms with Crippen molar-refractivity contribution in [3.8, 4) is 0 Å². The summed E-state index contributed by atoms with van der Waals surface area (Å²) in [4.78, 5) is 2.47. The van der Waals surface area contributed by atoms with Gasteiger partial charge in [0, 0.05) is 16.8 Å². The SMILES string of the molecule is c1ccc(N(c2cc3ccc4cc([Si](c5ccccc5)(c5ccccc5)c5ccccc5)cc5ccc(c2)c3c45)c2cc3cccc4ccc5cccc2c5c43)cc1. The van der Waals surface area contributed by atoms with E-state index < -0.39 is 8.07 Å². The van der Waals surface area contributed by atoms with Crippen molar-refractivity contribution in [1.82, 2.24) is 0 Å². The van der Waals surface area contributed by atoms with Gasteiger partial charge in [0.2, 0.25) is 0 Å². The van der Waals surface area contributed by atoms with Gasteiger partial charge in [-0.1, -0.05) is 194 Å². The van der Waals surface area contributed by atoms with Crippen LogP contribution in [0.3, 0.4) is 0 Å². The average molecular weight is 752 g/mol. The number of nitrogens with zero attached hydrogens (tertiary/aromatic N) is 1. The summed E-state index contributed by atoms with van der Waals surface area (Å²) in [6, 6.07) is 84.1. The first-order valence-electron chi connectivity index (χ1n) is 20.2. The minimum atomic E-state index is -2.70. The lowest BCUT2D eigenvalue weighted by atomic mass is 9.92. The van der Waals surface area contributed by atoms with Gasteiger partial charge in [-0.05, 0) is 110 Å². The molecule has 0 bridgehead atoms. The van der Waals surface area contributed by atoms with E-state index >= 15 is 0 Å². The van der Waals surface area contributed by atoms with E-state index in [0.29, 0.717) is 0 Å². The Labute approximate surface area is 338 Å². The van der Waals surface area contributed by atoms with Crippen LogP contribution in [0.15, 0.2) is 224 Å². The number of benzene rings is 12. The van der Waals surface area contributed by atoms with Gasteiger partial charge in [0.05, 0.1) is 5.69 Å². The van der Waals surface area contributed by atoms with Crippen LogP contribution in [0.25, 0.3) is 64.6 Å². The summed E-state index contributed by atoms with van der Waals surface area (Å²) in [5, 5.41) is 21.0. The molecule has 0 aliphatic rings. The van der Waals surface area contributed by atoms with Crippen molar-refractivity contribution >= 4 is 111 Å². The summed E-state index contributed by atoms with van der Waals surface area (Å²) in [6.45, 7) is 0. The van der Waals surface area contributed by atoms with E-state index in [2.05, 4.69) is 229 Å². The van der Waals surface area contributed by atoms with Crippen LogP contribution < -0.4 is 25.6 Å². The van der Waals surface area contributed by atoms with E-state index in [9.17, 15) is 0 Å². The fourth-order valence-electron chi connectivity index (χ4n) is 10.2. The van der Waals surface area contributed by atoms with Gasteiger partial charge < -0.3 is 4.90 Å². The third-order valence-electron chi connectivity index (χ3n) is 12.6. The van der Waals surface area contributed by atoms with Crippen molar-refractivity contribution in [3.63, 3.8) is 0 Å². The topological polar surface area (TPSA) is 3.24 Å². The second-order valence-corrected chi connectivity index (χ2v) is 19.5. The van der Waals surface area contributed by atoms with Crippen molar-refractivity contribution in [2.45, 2.75) is 0 Å². The average Bonchev–Trinajstić information content (AvgIpc) is 3.29. The zero-order valence-corrected chi connectivity index (χ0v) is 32.8. The Morgan fingerprint density at radius 1 is 0.259 bits per heavy atom. The quantitative estimate of drug-likeness (QED) is 0.0890. The molecule has 2 heteroatoms. The molecular weight excluding hydrogens is 715 g/mol. The predicted molar refractivity (Wildman–Crippen MR) is 252 cm³/mol. The van der Waals surface area contributed by atoms with Crippen LogP contribution in [0.1, 0.15) is 0 Å². The minimum Gasteiger partial charge on any atom is -0.310 e. The van der Waals surface area contributed by atoms with Crippen molar-refractivity contribution in [3.05, 3.63) is 224 Å². The Kier molecular flexibility index (Phi) is 7.32. The van der Waals surface area contributed by atoms with Crippen LogP contribution >= 0.6 is 0 Å². The van der Waals surface area contributed by atoms with E-state index in [1.807, 2.05) is 0 Å². The molecule has 1 nitrogen and oxygen atoms in total. The van der Waals surface area contributed by atoms with E-state index in [4.69, 9.17) is 0 Å². The summed E-state index contributed by atoms with van der Waals surface area (Å²) in [6.07, 6.45) is 0. The maximum Gasteiger partial charge on any atom is 0.179 e. The van der Waals surface area contributed by atoms with Gasteiger partial charge in [0.1, 0.15) is 0 Å². The monoisotopic (exact) mass is 751 g/mol. The molecule has 0 fully saturated rings. The Bertz CT molecular complexity index is 3270. The van der Waals surface area contributed by atoms with Crippen LogP contribution in [-0.2, 0) is 0 Å². The number of anilines is 3. The molecule has 0 unspecified atom stereocenters. The number of rotatable bonds is 7. The lowest BCUT2D eigenvalue weighted by Gasteiger charge is -2.35. The molecule has 0 amide bonds. The first-order valence-corrected chi connectivity index (χ1v) is 22.2. The molecule has 0 aliphatic heterocycles. The number of para-hydroxylation sites is 1. The summed E-state index contributed by atoms with van der Waals surface area (Å²) in [7, 11) is -2.70. The van der Waals surface area contributed by atoms with Crippen LogP contribution in [0.5, 0.6) is 0 Å². The summed E-state index contributed by atoms with van der Waals surface area (Å²) >= 11 is 0. The summed E-state index contributed by atoms with van der Waals surface area (Å²) < 4.78 is 0. The Morgan fingerprint density at radius 3 is 1.19 bits per heavy atom. The van der Waals surface area contributed by atoms with E-state index in [1.165, 1.54) is 91.1 Å². The molecule has 12 rings (SSSR count). The van der Waals surface area contributed by atoms with E-state index in [-0.39, 0.29) is 0 Å². The minimum absolute atomic E-state index is 1.14. The van der Waals surface area contributed by atoms with Gasteiger partial charge in [-0.25, -0.2) is 0 Å². The molecule has 58 heavy (non-hydrogen) atoms. The van der Waals surface area contributed by atoms with Crippen LogP contribution in [0.4, 0.5) is 17.1 Å². The first-order chi connectivity index (χ1) is 28.8. The van der Waals surface area contributed by atoms with Gasteiger partial charge in [-0.15, -0.1) is 0 Å². The fourth-order valence-corrected chi connectivity index (χ4v) is 15.0. The predicted octanol–water partition coefficient (Wildman–Crippen LogP) is 12.3. The molecule has 0 saturated heterocycles. The Morgan fingerprint density at radius 2 is 0.655 bits per heavy atom. The number of hydrogen-bond donors (Lipinski definition) is 0. The van der Waals surface area contributed by atoms with Crippen LogP contribution in [0.2, 0.25) is 0 Å². The molecule has 12 aromatic rings. The van der Waals surface area contributed by atoms with Gasteiger partial charge >= 0.3 is 0 Å². The maximum absolute atomic E-state index is 2.70. The maximum atomic E-state index is 2.51. The highest BCUT2D eigenvalue weighted by Gasteiger charge is 2.41. The zero-order valence-electron chi connectivity index (χ0n) is 31.8. The molecule has 12 aromatic carbocycles. The third-order valence-corrected chi connectivity index (χ3v) is 17.3. The van der Waals surface area contributed by atoms with Crippen molar-refractivity contribution in [1.29, 1.82) is 0 Å². The second-order valence-electron chi connectivity index (χ2n) is 15.7. The molecule has 0 N–H and O–H groups in total. The van der Waals surface area contributed by atoms with Crippen molar-refractivity contribution < 1.29 is 0 Å². The molecule has 0 atom stereocenters. The highest BCUT2D eigenvalue weighted by molar-refractivity contribution is 7.20. The largest absolute Gasteiger partial charge is 0.310 e. The van der Waals surface area contributed by atoms with Gasteiger partial charge in [-0.3, -0.25) is 0 Å². The molecule has 0 heterocycles. The van der Waals surface area contributed by atoms with E-state index in [1.54, 1.807) is 0 Å². The summed E-state index contributed by atoms with van der Waals surface area (Å²) in [5.74, 6) is 0. The molecule has 0 aromatic heterocycles. The zero-order chi connectivity index (χ0) is 38.2. The molecule has 0 radical (unpaired) electrons. The second kappa shape index (κ2) is 12.9. The third kappa shape index (κ3) is 4.82. The van der Waals surface area contributed by atoms with Gasteiger partial charge in [-0.2, -0.15) is 0 Å². The highest BCUT2D eigenvalue weighted by atomic mass is 28.3. The molecule has 270 valence electrons. The smallest absolute Gasteiger partial charge is 0.179 e.